The molecule has 0 bridgehead atoms. The maximum Gasteiger partial charge on any atom is 0.411 e. The van der Waals surface area contributed by atoms with Crippen LogP contribution in [0.3, 0.4) is 0 Å². The Balaban J connectivity index is 1.49. The molecule has 1 aromatic heterocycles. The lowest BCUT2D eigenvalue weighted by Gasteiger charge is -2.29. The fourth-order valence-electron chi connectivity index (χ4n) is 2.88. The molecule has 0 radical (unpaired) electrons. The van der Waals surface area contributed by atoms with Gasteiger partial charge in [-0.2, -0.15) is 0 Å². The number of rotatable bonds is 4. The molecular formula is C18H20N4O3. The van der Waals surface area contributed by atoms with Gasteiger partial charge in [-0.05, 0) is 31.4 Å². The van der Waals surface area contributed by atoms with E-state index in [-0.39, 0.29) is 23.7 Å². The Morgan fingerprint density at radius 2 is 1.96 bits per heavy atom. The van der Waals surface area contributed by atoms with Gasteiger partial charge < -0.3 is 10.1 Å². The minimum atomic E-state index is -0.475. The zero-order valence-corrected chi connectivity index (χ0v) is 13.7. The van der Waals surface area contributed by atoms with Gasteiger partial charge in [-0.25, -0.2) is 9.78 Å². The summed E-state index contributed by atoms with van der Waals surface area (Å²) in [5.74, 6) is -0.257. The smallest absolute Gasteiger partial charge is 0.411 e. The number of amides is 2. The third-order valence-corrected chi connectivity index (χ3v) is 4.05. The normalized spacial score (nSPS) is 19.7. The van der Waals surface area contributed by atoms with Gasteiger partial charge in [-0.1, -0.05) is 18.2 Å². The van der Waals surface area contributed by atoms with Crippen LogP contribution in [0, 0.1) is 0 Å². The molecule has 2 amide bonds. The average Bonchev–Trinajstić information content (AvgIpc) is 2.63. The van der Waals surface area contributed by atoms with Crippen molar-refractivity contribution in [1.82, 2.24) is 15.3 Å². The Morgan fingerprint density at radius 1 is 1.12 bits per heavy atom. The molecule has 1 aliphatic carbocycles. The molecule has 1 saturated carbocycles. The summed E-state index contributed by atoms with van der Waals surface area (Å²) in [6.07, 6.45) is 6.86. The van der Waals surface area contributed by atoms with Gasteiger partial charge in [0.1, 0.15) is 11.8 Å². The second-order valence-corrected chi connectivity index (χ2v) is 5.95. The number of carbonyl (C=O) groups excluding carboxylic acids is 2. The standard InChI is InChI=1S/C18H20N4O3/c23-17(16-12-19-9-10-20-16)21-14-7-4-8-15(11-14)25-18(24)22-13-5-2-1-3-6-13/h1-3,5-6,9-10,12,14-15H,4,7-8,11H2,(H,21,23)(H,22,24)/t14-,15+/m1/s1. The number of ether oxygens (including phenoxy) is 1. The quantitative estimate of drug-likeness (QED) is 0.893. The second-order valence-electron chi connectivity index (χ2n) is 5.95. The minimum Gasteiger partial charge on any atom is -0.446 e. The van der Waals surface area contributed by atoms with Crippen LogP contribution in [0.2, 0.25) is 0 Å². The SMILES string of the molecule is O=C(Nc1ccccc1)O[C@H]1CCC[C@@H](NC(=O)c2cnccn2)C1. The van der Waals surface area contributed by atoms with Gasteiger partial charge in [-0.3, -0.25) is 15.1 Å². The van der Waals surface area contributed by atoms with Crippen LogP contribution in [0.1, 0.15) is 36.2 Å². The van der Waals surface area contributed by atoms with Crippen molar-refractivity contribution in [1.29, 1.82) is 0 Å². The van der Waals surface area contributed by atoms with Crippen molar-refractivity contribution >= 4 is 17.7 Å². The fourth-order valence-corrected chi connectivity index (χ4v) is 2.88. The number of benzene rings is 1. The van der Waals surface area contributed by atoms with E-state index < -0.39 is 6.09 Å². The van der Waals surface area contributed by atoms with Crippen LogP contribution >= 0.6 is 0 Å². The summed E-state index contributed by atoms with van der Waals surface area (Å²) in [4.78, 5) is 32.0. The molecule has 1 aliphatic rings. The van der Waals surface area contributed by atoms with Crippen molar-refractivity contribution in [2.45, 2.75) is 37.8 Å². The Labute approximate surface area is 145 Å². The molecule has 1 heterocycles. The fraction of sp³-hybridized carbons (Fsp3) is 0.333. The van der Waals surface area contributed by atoms with Gasteiger partial charge in [-0.15, -0.1) is 0 Å². The van der Waals surface area contributed by atoms with E-state index in [4.69, 9.17) is 4.74 Å². The van der Waals surface area contributed by atoms with E-state index in [0.29, 0.717) is 12.1 Å². The molecule has 2 N–H and O–H groups in total. The van der Waals surface area contributed by atoms with Crippen molar-refractivity contribution in [3.63, 3.8) is 0 Å². The van der Waals surface area contributed by atoms with E-state index >= 15 is 0 Å². The van der Waals surface area contributed by atoms with Gasteiger partial charge in [0.15, 0.2) is 0 Å². The van der Waals surface area contributed by atoms with E-state index in [2.05, 4.69) is 20.6 Å². The molecule has 0 saturated heterocycles. The molecule has 0 unspecified atom stereocenters. The van der Waals surface area contributed by atoms with Crippen LogP contribution in [0.25, 0.3) is 0 Å². The monoisotopic (exact) mass is 340 g/mol. The van der Waals surface area contributed by atoms with Gasteiger partial charge in [0, 0.05) is 30.5 Å². The van der Waals surface area contributed by atoms with Crippen LogP contribution in [0.4, 0.5) is 10.5 Å². The third kappa shape index (κ3) is 5.00. The number of nitrogens with zero attached hydrogens (tertiary/aromatic N) is 2. The summed E-state index contributed by atoms with van der Waals surface area (Å²) in [6, 6.07) is 9.11. The minimum absolute atomic E-state index is 0.0437. The van der Waals surface area contributed by atoms with E-state index in [1.165, 1.54) is 18.6 Å². The van der Waals surface area contributed by atoms with Crippen molar-refractivity contribution in [3.05, 3.63) is 54.6 Å². The number of para-hydroxylation sites is 1. The number of hydrogen-bond acceptors (Lipinski definition) is 5. The molecule has 0 spiro atoms. The molecule has 2 atom stereocenters. The molecule has 1 aromatic carbocycles. The summed E-state index contributed by atoms with van der Waals surface area (Å²) < 4.78 is 5.48. The Kier molecular flexibility index (Phi) is 5.56. The maximum atomic E-state index is 12.1. The molecule has 2 aromatic rings. The van der Waals surface area contributed by atoms with Crippen molar-refractivity contribution in [3.8, 4) is 0 Å². The predicted molar refractivity (Wildman–Crippen MR) is 92.1 cm³/mol. The van der Waals surface area contributed by atoms with Gasteiger partial charge in [0.2, 0.25) is 0 Å². The first-order valence-corrected chi connectivity index (χ1v) is 8.30. The number of nitrogens with one attached hydrogen (secondary N) is 2. The number of anilines is 1. The van der Waals surface area contributed by atoms with E-state index in [1.54, 1.807) is 12.1 Å². The van der Waals surface area contributed by atoms with E-state index in [0.717, 1.165) is 19.3 Å². The summed E-state index contributed by atoms with van der Waals surface area (Å²) in [7, 11) is 0. The number of carbonyl (C=O) groups is 2. The number of aromatic nitrogens is 2. The van der Waals surface area contributed by atoms with Crippen LogP contribution in [-0.4, -0.2) is 34.1 Å². The number of hydrogen-bond donors (Lipinski definition) is 2. The van der Waals surface area contributed by atoms with Crippen LogP contribution in [0.15, 0.2) is 48.9 Å². The molecular weight excluding hydrogens is 320 g/mol. The molecule has 7 heteroatoms. The van der Waals surface area contributed by atoms with Gasteiger partial charge >= 0.3 is 6.09 Å². The van der Waals surface area contributed by atoms with Crippen LogP contribution < -0.4 is 10.6 Å². The lowest BCUT2D eigenvalue weighted by molar-refractivity contribution is 0.0711. The molecule has 7 nitrogen and oxygen atoms in total. The zero-order chi connectivity index (χ0) is 17.5. The van der Waals surface area contributed by atoms with Crippen LogP contribution in [-0.2, 0) is 4.74 Å². The lowest BCUT2D eigenvalue weighted by atomic mass is 9.93. The summed E-state index contributed by atoms with van der Waals surface area (Å²) in [5.41, 5.74) is 0.975. The molecule has 1 fully saturated rings. The largest absolute Gasteiger partial charge is 0.446 e. The molecule has 25 heavy (non-hydrogen) atoms. The summed E-state index contributed by atoms with van der Waals surface area (Å²) in [5, 5.41) is 5.64. The maximum absolute atomic E-state index is 12.1. The first-order valence-electron chi connectivity index (χ1n) is 8.30. The van der Waals surface area contributed by atoms with Crippen LogP contribution in [0.5, 0.6) is 0 Å². The topological polar surface area (TPSA) is 93.2 Å². The highest BCUT2D eigenvalue weighted by molar-refractivity contribution is 5.92. The molecule has 130 valence electrons. The summed E-state index contributed by atoms with van der Waals surface area (Å²) in [6.45, 7) is 0. The molecule has 3 rings (SSSR count). The van der Waals surface area contributed by atoms with Gasteiger partial charge in [0.05, 0.1) is 6.20 Å². The summed E-state index contributed by atoms with van der Waals surface area (Å²) >= 11 is 0. The third-order valence-electron chi connectivity index (χ3n) is 4.05. The average molecular weight is 340 g/mol. The first kappa shape index (κ1) is 16.9. The highest BCUT2D eigenvalue weighted by atomic mass is 16.6. The Morgan fingerprint density at radius 3 is 2.72 bits per heavy atom. The highest BCUT2D eigenvalue weighted by Gasteiger charge is 2.26. The van der Waals surface area contributed by atoms with Gasteiger partial charge in [0.25, 0.3) is 5.91 Å². The van der Waals surface area contributed by atoms with Crippen molar-refractivity contribution in [2.24, 2.45) is 0 Å². The first-order chi connectivity index (χ1) is 12.2. The van der Waals surface area contributed by atoms with E-state index in [9.17, 15) is 9.59 Å². The van der Waals surface area contributed by atoms with Crippen molar-refractivity contribution in [2.75, 3.05) is 5.32 Å². The zero-order valence-electron chi connectivity index (χ0n) is 13.7. The molecule has 0 aliphatic heterocycles. The van der Waals surface area contributed by atoms with Crippen molar-refractivity contribution < 1.29 is 14.3 Å². The van der Waals surface area contributed by atoms with E-state index in [1.807, 2.05) is 18.2 Å². The predicted octanol–water partition coefficient (Wildman–Crippen LogP) is 2.77. The Hall–Kier alpha value is -2.96. The second kappa shape index (κ2) is 8.23. The highest BCUT2D eigenvalue weighted by Crippen LogP contribution is 2.22. The Bertz CT molecular complexity index is 709. The lowest BCUT2D eigenvalue weighted by Crippen LogP contribution is -2.41.